The van der Waals surface area contributed by atoms with Crippen LogP contribution in [0.1, 0.15) is 5.56 Å². The Labute approximate surface area is 136 Å². The molecule has 0 bridgehead atoms. The Hall–Kier alpha value is -2.68. The number of nitrogens with one attached hydrogen (secondary N) is 1. The first-order valence-corrected chi connectivity index (χ1v) is 8.02. The van der Waals surface area contributed by atoms with Crippen LogP contribution in [-0.2, 0) is 13.6 Å². The summed E-state index contributed by atoms with van der Waals surface area (Å²) in [5.41, 5.74) is 1.77. The largest absolute Gasteiger partial charge is 0.365 e. The van der Waals surface area contributed by atoms with E-state index >= 15 is 0 Å². The highest BCUT2D eigenvalue weighted by atomic mass is 32.2. The lowest BCUT2D eigenvalue weighted by Gasteiger charge is -2.08. The van der Waals surface area contributed by atoms with Crippen LogP contribution < -0.4 is 5.32 Å². The molecular weight excluding hydrogens is 316 g/mol. The highest BCUT2D eigenvalue weighted by Crippen LogP contribution is 2.23. The quantitative estimate of drug-likeness (QED) is 0.332. The minimum Gasteiger partial charge on any atom is -0.365 e. The highest BCUT2D eigenvalue weighted by Gasteiger charge is 2.11. The molecule has 0 fully saturated rings. The van der Waals surface area contributed by atoms with Crippen LogP contribution in [0, 0.1) is 10.1 Å². The minimum absolute atomic E-state index is 0.0788. The molecule has 0 aliphatic heterocycles. The van der Waals surface area contributed by atoms with Crippen LogP contribution in [0.5, 0.6) is 0 Å². The molecule has 2 heterocycles. The lowest BCUT2D eigenvalue weighted by Crippen LogP contribution is -2.04. The van der Waals surface area contributed by atoms with Gasteiger partial charge in [0.15, 0.2) is 10.8 Å². The summed E-state index contributed by atoms with van der Waals surface area (Å²) in [4.78, 5) is 19.2. The van der Waals surface area contributed by atoms with Crippen molar-refractivity contribution in [2.75, 3.05) is 11.6 Å². The third-order valence-corrected chi connectivity index (χ3v) is 3.91. The second-order valence-corrected chi connectivity index (χ2v) is 5.61. The molecule has 0 unspecified atom stereocenters. The molecule has 23 heavy (non-hydrogen) atoms. The fourth-order valence-corrected chi connectivity index (χ4v) is 2.51. The summed E-state index contributed by atoms with van der Waals surface area (Å²) in [6.07, 6.45) is 3.63. The molecule has 0 radical (unpaired) electrons. The monoisotopic (exact) mass is 330 g/mol. The lowest BCUT2D eigenvalue weighted by atomic mass is 10.2. The molecule has 0 amide bonds. The number of fused-ring (bicyclic) bond motifs is 1. The Morgan fingerprint density at radius 1 is 1.30 bits per heavy atom. The maximum absolute atomic E-state index is 10.7. The van der Waals surface area contributed by atoms with Crippen molar-refractivity contribution in [1.29, 1.82) is 0 Å². The predicted molar refractivity (Wildman–Crippen MR) is 88.5 cm³/mol. The zero-order valence-electron chi connectivity index (χ0n) is 12.6. The maximum atomic E-state index is 10.7. The predicted octanol–water partition coefficient (Wildman–Crippen LogP) is 2.61. The van der Waals surface area contributed by atoms with Gasteiger partial charge in [0.05, 0.1) is 16.5 Å². The summed E-state index contributed by atoms with van der Waals surface area (Å²) >= 11 is 1.46. The number of hydrogen-bond acceptors (Lipinski definition) is 7. The van der Waals surface area contributed by atoms with E-state index in [1.54, 1.807) is 23.0 Å². The van der Waals surface area contributed by atoms with Crippen LogP contribution in [0.15, 0.2) is 35.6 Å². The van der Waals surface area contributed by atoms with Gasteiger partial charge < -0.3 is 5.32 Å². The molecule has 1 aromatic carbocycles. The standard InChI is InChI=1S/C14H14N6O2S/c1-19-13-11(8-16-19)12(17-14(18-13)23-2)15-7-9-3-5-10(6-4-9)20(21)22/h3-6,8H,7H2,1-2H3,(H,15,17,18). The molecule has 8 nitrogen and oxygen atoms in total. The molecule has 3 aromatic rings. The number of anilines is 1. The number of non-ortho nitro benzene ring substituents is 1. The fraction of sp³-hybridized carbons (Fsp3) is 0.214. The van der Waals surface area contributed by atoms with Gasteiger partial charge in [-0.2, -0.15) is 5.10 Å². The van der Waals surface area contributed by atoms with E-state index in [9.17, 15) is 10.1 Å². The summed E-state index contributed by atoms with van der Waals surface area (Å²) in [5.74, 6) is 0.700. The van der Waals surface area contributed by atoms with Gasteiger partial charge >= 0.3 is 0 Å². The van der Waals surface area contributed by atoms with E-state index in [0.29, 0.717) is 17.5 Å². The second-order valence-electron chi connectivity index (χ2n) is 4.84. The van der Waals surface area contributed by atoms with Crippen LogP contribution in [0.2, 0.25) is 0 Å². The molecule has 0 spiro atoms. The first kappa shape index (κ1) is 15.2. The van der Waals surface area contributed by atoms with Crippen molar-refractivity contribution >= 4 is 34.3 Å². The van der Waals surface area contributed by atoms with Crippen molar-refractivity contribution in [3.05, 3.63) is 46.1 Å². The van der Waals surface area contributed by atoms with E-state index in [0.717, 1.165) is 16.6 Å². The first-order valence-electron chi connectivity index (χ1n) is 6.79. The molecule has 0 atom stereocenters. The summed E-state index contributed by atoms with van der Waals surface area (Å²) in [6.45, 7) is 0.507. The van der Waals surface area contributed by atoms with Crippen molar-refractivity contribution in [2.24, 2.45) is 7.05 Å². The number of nitrogens with zero attached hydrogens (tertiary/aromatic N) is 5. The molecular formula is C14H14N6O2S. The number of aryl methyl sites for hydroxylation is 1. The average molecular weight is 330 g/mol. The topological polar surface area (TPSA) is 98.8 Å². The maximum Gasteiger partial charge on any atom is 0.269 e. The summed E-state index contributed by atoms with van der Waals surface area (Å²) < 4.78 is 1.70. The van der Waals surface area contributed by atoms with Crippen LogP contribution >= 0.6 is 11.8 Å². The Morgan fingerprint density at radius 2 is 2.04 bits per heavy atom. The van der Waals surface area contributed by atoms with E-state index < -0.39 is 4.92 Å². The summed E-state index contributed by atoms with van der Waals surface area (Å²) in [7, 11) is 1.83. The van der Waals surface area contributed by atoms with Crippen LogP contribution in [0.3, 0.4) is 0 Å². The number of nitro benzene ring substituents is 1. The zero-order valence-corrected chi connectivity index (χ0v) is 13.4. The molecule has 1 N–H and O–H groups in total. The van der Waals surface area contributed by atoms with Crippen molar-refractivity contribution in [1.82, 2.24) is 19.7 Å². The van der Waals surface area contributed by atoms with Crippen LogP contribution in [0.25, 0.3) is 11.0 Å². The smallest absolute Gasteiger partial charge is 0.269 e. The van der Waals surface area contributed by atoms with E-state index in [2.05, 4.69) is 20.4 Å². The number of hydrogen-bond donors (Lipinski definition) is 1. The molecule has 118 valence electrons. The molecule has 0 saturated heterocycles. The molecule has 2 aromatic heterocycles. The Kier molecular flexibility index (Phi) is 4.11. The van der Waals surface area contributed by atoms with Gasteiger partial charge in [-0.05, 0) is 11.8 Å². The molecule has 0 saturated carbocycles. The number of benzene rings is 1. The third-order valence-electron chi connectivity index (χ3n) is 3.36. The van der Waals surface area contributed by atoms with Gasteiger partial charge in [0.2, 0.25) is 0 Å². The third kappa shape index (κ3) is 3.09. The number of nitro groups is 1. The normalized spacial score (nSPS) is 10.9. The van der Waals surface area contributed by atoms with Gasteiger partial charge in [-0.15, -0.1) is 0 Å². The fourth-order valence-electron chi connectivity index (χ4n) is 2.15. The summed E-state index contributed by atoms with van der Waals surface area (Å²) in [5, 5.41) is 19.6. The van der Waals surface area contributed by atoms with E-state index in [1.165, 1.54) is 23.9 Å². The van der Waals surface area contributed by atoms with E-state index in [4.69, 9.17) is 0 Å². The molecule has 3 rings (SSSR count). The van der Waals surface area contributed by atoms with Gasteiger partial charge in [-0.3, -0.25) is 14.8 Å². The molecule has 0 aliphatic rings. The SMILES string of the molecule is CSc1nc(NCc2ccc([N+](=O)[O-])cc2)c2cnn(C)c2n1. The van der Waals surface area contributed by atoms with Crippen molar-refractivity contribution in [3.63, 3.8) is 0 Å². The Bertz CT molecular complexity index is 862. The zero-order chi connectivity index (χ0) is 16.4. The van der Waals surface area contributed by atoms with Crippen LogP contribution in [-0.4, -0.2) is 30.9 Å². The van der Waals surface area contributed by atoms with E-state index in [1.807, 2.05) is 13.3 Å². The first-order chi connectivity index (χ1) is 11.1. The molecule has 9 heteroatoms. The lowest BCUT2D eigenvalue weighted by molar-refractivity contribution is -0.384. The average Bonchev–Trinajstić information content (AvgIpc) is 2.94. The van der Waals surface area contributed by atoms with Crippen LogP contribution in [0.4, 0.5) is 11.5 Å². The molecule has 0 aliphatic carbocycles. The van der Waals surface area contributed by atoms with E-state index in [-0.39, 0.29) is 5.69 Å². The van der Waals surface area contributed by atoms with Gasteiger partial charge in [0.25, 0.3) is 5.69 Å². The van der Waals surface area contributed by atoms with Crippen molar-refractivity contribution < 1.29 is 4.92 Å². The van der Waals surface area contributed by atoms with Crippen molar-refractivity contribution in [3.8, 4) is 0 Å². The summed E-state index contributed by atoms with van der Waals surface area (Å²) in [6, 6.07) is 6.43. The Morgan fingerprint density at radius 3 is 2.70 bits per heavy atom. The van der Waals surface area contributed by atoms with Crippen molar-refractivity contribution in [2.45, 2.75) is 11.7 Å². The number of aromatic nitrogens is 4. The van der Waals surface area contributed by atoms with Gasteiger partial charge in [-0.1, -0.05) is 23.9 Å². The van der Waals surface area contributed by atoms with Gasteiger partial charge in [0, 0.05) is 25.7 Å². The highest BCUT2D eigenvalue weighted by molar-refractivity contribution is 7.98. The minimum atomic E-state index is -0.411. The number of thioether (sulfide) groups is 1. The van der Waals surface area contributed by atoms with Gasteiger partial charge in [0.1, 0.15) is 5.82 Å². The Balaban J connectivity index is 1.85. The number of rotatable bonds is 5. The second kappa shape index (κ2) is 6.21. The van der Waals surface area contributed by atoms with Gasteiger partial charge in [-0.25, -0.2) is 9.97 Å².